The molecule has 0 aliphatic rings. The summed E-state index contributed by atoms with van der Waals surface area (Å²) in [5.41, 5.74) is 9.58. The van der Waals surface area contributed by atoms with Crippen molar-refractivity contribution in [3.8, 4) is 11.3 Å². The van der Waals surface area contributed by atoms with Crippen molar-refractivity contribution < 1.29 is 17.6 Å². The molecule has 0 amide bonds. The molecule has 4 N–H and O–H groups in total. The highest BCUT2D eigenvalue weighted by atomic mass is 19.1. The van der Waals surface area contributed by atoms with Gasteiger partial charge >= 0.3 is 0 Å². The van der Waals surface area contributed by atoms with E-state index in [0.717, 1.165) is 31.4 Å². The number of nitrogens with two attached hydrogens (primary N) is 2. The molecule has 0 spiro atoms. The minimum Gasteiger partial charge on any atom is -0.453 e. The molecular weight excluding hydrogens is 369 g/mol. The molecule has 0 aliphatic heterocycles. The highest BCUT2D eigenvalue weighted by Crippen LogP contribution is 2.33. The lowest BCUT2D eigenvalue weighted by molar-refractivity contribution is 0.522. The van der Waals surface area contributed by atoms with Gasteiger partial charge in [-0.15, -0.1) is 0 Å². The van der Waals surface area contributed by atoms with Gasteiger partial charge in [0, 0.05) is 17.2 Å². The van der Waals surface area contributed by atoms with Crippen LogP contribution in [0.3, 0.4) is 0 Å². The molecule has 7 heteroatoms. The Bertz CT molecular complexity index is 1090. The molecule has 3 aromatic rings. The zero-order valence-corrected chi connectivity index (χ0v) is 15.5. The fourth-order valence-electron chi connectivity index (χ4n) is 3.18. The highest BCUT2D eigenvalue weighted by Gasteiger charge is 2.23. The van der Waals surface area contributed by atoms with E-state index in [4.69, 9.17) is 15.9 Å². The molecule has 3 rings (SSSR count). The molecular formula is C21H21F3N2O2. The lowest BCUT2D eigenvalue weighted by atomic mass is 10.0. The SMILES string of the molecule is CCCCCCc1c(F)c(N)c2c(=O)cc(-c3ccc(N)c(F)c3)oc2c1F. The first-order chi connectivity index (χ1) is 13.3. The lowest BCUT2D eigenvalue weighted by Gasteiger charge is -2.12. The molecule has 0 atom stereocenters. The predicted octanol–water partition coefficient (Wildman–Crippen LogP) is 5.16. The van der Waals surface area contributed by atoms with Crippen molar-refractivity contribution in [1.82, 2.24) is 0 Å². The van der Waals surface area contributed by atoms with Gasteiger partial charge < -0.3 is 15.9 Å². The average molecular weight is 390 g/mol. The fraction of sp³-hybridized carbons (Fsp3) is 0.286. The number of unbranched alkanes of at least 4 members (excludes halogenated alkanes) is 3. The molecule has 0 unspecified atom stereocenters. The normalized spacial score (nSPS) is 11.3. The Morgan fingerprint density at radius 2 is 1.75 bits per heavy atom. The van der Waals surface area contributed by atoms with E-state index in [1.54, 1.807) is 0 Å². The maximum Gasteiger partial charge on any atom is 0.195 e. The van der Waals surface area contributed by atoms with E-state index in [1.165, 1.54) is 12.1 Å². The van der Waals surface area contributed by atoms with Crippen molar-refractivity contribution in [2.24, 2.45) is 0 Å². The van der Waals surface area contributed by atoms with E-state index in [-0.39, 0.29) is 34.4 Å². The Labute approximate surface area is 160 Å². The Morgan fingerprint density at radius 1 is 1.00 bits per heavy atom. The molecule has 0 saturated carbocycles. The lowest BCUT2D eigenvalue weighted by Crippen LogP contribution is -2.10. The smallest absolute Gasteiger partial charge is 0.195 e. The van der Waals surface area contributed by atoms with E-state index in [2.05, 4.69) is 0 Å². The minimum absolute atomic E-state index is 0.0572. The van der Waals surface area contributed by atoms with Crippen LogP contribution in [0.25, 0.3) is 22.3 Å². The van der Waals surface area contributed by atoms with Crippen molar-refractivity contribution in [1.29, 1.82) is 0 Å². The highest BCUT2D eigenvalue weighted by molar-refractivity contribution is 5.91. The minimum atomic E-state index is -0.951. The second-order valence-electron chi connectivity index (χ2n) is 6.75. The number of nitrogen functional groups attached to an aromatic ring is 2. The van der Waals surface area contributed by atoms with Crippen molar-refractivity contribution in [2.45, 2.75) is 39.0 Å². The first-order valence-corrected chi connectivity index (χ1v) is 9.13. The number of hydrogen-bond donors (Lipinski definition) is 2. The van der Waals surface area contributed by atoms with E-state index in [0.29, 0.717) is 6.42 Å². The van der Waals surface area contributed by atoms with Gasteiger partial charge in [-0.3, -0.25) is 4.79 Å². The van der Waals surface area contributed by atoms with Crippen LogP contribution in [0.2, 0.25) is 0 Å². The van der Waals surface area contributed by atoms with Gasteiger partial charge in [0.25, 0.3) is 0 Å². The van der Waals surface area contributed by atoms with Crippen LogP contribution in [0, 0.1) is 17.5 Å². The summed E-state index contributed by atoms with van der Waals surface area (Å²) in [4.78, 5) is 12.5. The molecule has 0 aliphatic carbocycles. The standard InChI is InChI=1S/C21H21F3N2O2/c1-2-3-4-5-6-12-18(23)20(26)17-15(27)10-16(28-21(17)19(12)24)11-7-8-14(25)13(22)9-11/h7-10H,2-6,25-26H2,1H3. The fourth-order valence-corrected chi connectivity index (χ4v) is 3.18. The van der Waals surface area contributed by atoms with Crippen molar-refractivity contribution in [3.05, 3.63) is 57.5 Å². The largest absolute Gasteiger partial charge is 0.453 e. The zero-order valence-electron chi connectivity index (χ0n) is 15.5. The molecule has 4 nitrogen and oxygen atoms in total. The van der Waals surface area contributed by atoms with Crippen LogP contribution in [0.1, 0.15) is 38.2 Å². The second kappa shape index (κ2) is 7.96. The van der Waals surface area contributed by atoms with Gasteiger partial charge in [0.05, 0.1) is 16.8 Å². The van der Waals surface area contributed by atoms with Crippen molar-refractivity contribution >= 4 is 22.3 Å². The van der Waals surface area contributed by atoms with Gasteiger partial charge in [-0.25, -0.2) is 13.2 Å². The maximum absolute atomic E-state index is 15.0. The summed E-state index contributed by atoms with van der Waals surface area (Å²) in [6.45, 7) is 2.03. The third-order valence-corrected chi connectivity index (χ3v) is 4.75. The molecule has 1 aromatic heterocycles. The third-order valence-electron chi connectivity index (χ3n) is 4.75. The van der Waals surface area contributed by atoms with Crippen molar-refractivity contribution in [3.63, 3.8) is 0 Å². The summed E-state index contributed by atoms with van der Waals surface area (Å²) in [6.07, 6.45) is 3.49. The summed E-state index contributed by atoms with van der Waals surface area (Å²) in [5, 5.41) is -0.355. The van der Waals surface area contributed by atoms with Gasteiger partial charge in [0.2, 0.25) is 0 Å². The summed E-state index contributed by atoms with van der Waals surface area (Å²) >= 11 is 0. The van der Waals surface area contributed by atoms with Crippen molar-refractivity contribution in [2.75, 3.05) is 11.5 Å². The van der Waals surface area contributed by atoms with E-state index >= 15 is 4.39 Å². The second-order valence-corrected chi connectivity index (χ2v) is 6.75. The molecule has 0 bridgehead atoms. The van der Waals surface area contributed by atoms with Gasteiger partial charge in [-0.05, 0) is 31.0 Å². The average Bonchev–Trinajstić information content (AvgIpc) is 2.67. The van der Waals surface area contributed by atoms with Crippen LogP contribution in [-0.2, 0) is 6.42 Å². The van der Waals surface area contributed by atoms with Crippen LogP contribution < -0.4 is 16.9 Å². The maximum atomic E-state index is 15.0. The quantitative estimate of drug-likeness (QED) is 0.450. The number of hydrogen-bond acceptors (Lipinski definition) is 4. The summed E-state index contributed by atoms with van der Waals surface area (Å²) in [6, 6.07) is 4.86. The molecule has 148 valence electrons. The van der Waals surface area contributed by atoms with E-state index < -0.39 is 34.2 Å². The molecule has 0 saturated heterocycles. The van der Waals surface area contributed by atoms with Gasteiger partial charge in [-0.2, -0.15) is 0 Å². The zero-order chi connectivity index (χ0) is 20.4. The van der Waals surface area contributed by atoms with Crippen LogP contribution in [0.4, 0.5) is 24.5 Å². The Morgan fingerprint density at radius 3 is 2.43 bits per heavy atom. The third kappa shape index (κ3) is 3.56. The molecule has 1 heterocycles. The van der Waals surface area contributed by atoms with Crippen LogP contribution >= 0.6 is 0 Å². The number of anilines is 2. The summed E-state index contributed by atoms with van der Waals surface area (Å²) < 4.78 is 48.9. The van der Waals surface area contributed by atoms with Gasteiger partial charge in [0.1, 0.15) is 11.6 Å². The van der Waals surface area contributed by atoms with Crippen LogP contribution in [0.5, 0.6) is 0 Å². The summed E-state index contributed by atoms with van der Waals surface area (Å²) in [5.74, 6) is -2.64. The Balaban J connectivity index is 2.16. The number of halogens is 3. The molecule has 2 aromatic carbocycles. The molecule has 0 fully saturated rings. The van der Waals surface area contributed by atoms with Gasteiger partial charge in [0.15, 0.2) is 22.6 Å². The topological polar surface area (TPSA) is 82.2 Å². The van der Waals surface area contributed by atoms with Crippen LogP contribution in [0.15, 0.2) is 33.5 Å². The van der Waals surface area contributed by atoms with E-state index in [9.17, 15) is 13.6 Å². The predicted molar refractivity (Wildman–Crippen MR) is 104 cm³/mol. The first kappa shape index (κ1) is 19.8. The number of benzene rings is 2. The Hall–Kier alpha value is -2.96. The summed E-state index contributed by atoms with van der Waals surface area (Å²) in [7, 11) is 0. The number of rotatable bonds is 6. The monoisotopic (exact) mass is 390 g/mol. The molecule has 0 radical (unpaired) electrons. The first-order valence-electron chi connectivity index (χ1n) is 9.13. The molecule has 28 heavy (non-hydrogen) atoms. The van der Waals surface area contributed by atoms with E-state index in [1.807, 2.05) is 6.92 Å². The van der Waals surface area contributed by atoms with Gasteiger partial charge in [-0.1, -0.05) is 26.2 Å². The van der Waals surface area contributed by atoms with Crippen LogP contribution in [-0.4, -0.2) is 0 Å². The Kier molecular flexibility index (Phi) is 5.63. The number of fused-ring (bicyclic) bond motifs is 1.